The number of rotatable bonds is 11. The number of morpholine rings is 1. The summed E-state index contributed by atoms with van der Waals surface area (Å²) in [6.07, 6.45) is 2.53. The van der Waals surface area contributed by atoms with Gasteiger partial charge in [-0.2, -0.15) is 23.0 Å². The fourth-order valence-corrected chi connectivity index (χ4v) is 16.5. The average molecular weight is 996 g/mol. The summed E-state index contributed by atoms with van der Waals surface area (Å²) in [6, 6.07) is 0.570. The Balaban J connectivity index is 0.947. The summed E-state index contributed by atoms with van der Waals surface area (Å²) in [7, 11) is 0. The number of ether oxygens (including phenoxy) is 2. The van der Waals surface area contributed by atoms with Crippen LogP contribution >= 0.6 is 0 Å². The number of ketones is 1. The number of carboxylic acid groups (broad SMARTS) is 1. The highest BCUT2D eigenvalue weighted by atomic mass is 19.4. The van der Waals surface area contributed by atoms with Crippen molar-refractivity contribution in [3.05, 3.63) is 28.6 Å². The van der Waals surface area contributed by atoms with Crippen molar-refractivity contribution in [2.45, 2.75) is 176 Å². The van der Waals surface area contributed by atoms with Crippen LogP contribution in [0.3, 0.4) is 0 Å². The molecule has 0 spiro atoms. The van der Waals surface area contributed by atoms with Crippen molar-refractivity contribution in [1.82, 2.24) is 25.3 Å². The van der Waals surface area contributed by atoms with Gasteiger partial charge in [0.2, 0.25) is 11.8 Å². The molecular weight excluding hydrogens is 920 g/mol. The zero-order valence-electron chi connectivity index (χ0n) is 43.2. The minimum Gasteiger partial charge on any atom is -0.481 e. The molecule has 8 aliphatic rings. The fourth-order valence-electron chi connectivity index (χ4n) is 16.5. The van der Waals surface area contributed by atoms with Gasteiger partial charge in [-0.25, -0.2) is 0 Å². The van der Waals surface area contributed by atoms with Gasteiger partial charge in [-0.1, -0.05) is 62.3 Å². The number of amides is 2. The predicted molar refractivity (Wildman–Crippen MR) is 255 cm³/mol. The number of hydrogen-bond acceptors (Lipinski definition) is 10. The third kappa shape index (κ3) is 8.04. The van der Waals surface area contributed by atoms with E-state index < -0.39 is 69.6 Å². The quantitative estimate of drug-likeness (QED) is 0.181. The molecule has 1 aromatic rings. The van der Waals surface area contributed by atoms with Crippen LogP contribution in [0.15, 0.2) is 17.2 Å². The van der Waals surface area contributed by atoms with Crippen LogP contribution in [-0.4, -0.2) is 105 Å². The lowest BCUT2D eigenvalue weighted by atomic mass is 9.33. The Morgan fingerprint density at radius 2 is 1.55 bits per heavy atom. The Bertz CT molecular complexity index is 2420. The van der Waals surface area contributed by atoms with Crippen molar-refractivity contribution in [2.75, 3.05) is 32.8 Å². The Labute approximate surface area is 415 Å². The van der Waals surface area contributed by atoms with E-state index in [1.165, 1.54) is 0 Å². The monoisotopic (exact) mass is 996 g/mol. The third-order valence-electron chi connectivity index (χ3n) is 21.0. The van der Waals surface area contributed by atoms with E-state index in [0.29, 0.717) is 62.2 Å². The topological polar surface area (TPSA) is 186 Å². The van der Waals surface area contributed by atoms with Crippen LogP contribution in [0.1, 0.15) is 173 Å². The molecule has 1 aromatic heterocycles. The lowest BCUT2D eigenvalue weighted by Gasteiger charge is -2.72. The van der Waals surface area contributed by atoms with Crippen LogP contribution in [0, 0.1) is 62.6 Å². The van der Waals surface area contributed by atoms with E-state index in [1.54, 1.807) is 0 Å². The first-order valence-electron chi connectivity index (χ1n) is 26.4. The van der Waals surface area contributed by atoms with Gasteiger partial charge in [0.25, 0.3) is 5.91 Å². The molecule has 2 amide bonds. The van der Waals surface area contributed by atoms with Crippen molar-refractivity contribution in [1.29, 1.82) is 0 Å². The van der Waals surface area contributed by atoms with E-state index in [-0.39, 0.29) is 89.5 Å². The summed E-state index contributed by atoms with van der Waals surface area (Å²) in [6.45, 7) is 21.9. The summed E-state index contributed by atoms with van der Waals surface area (Å²) in [4.78, 5) is 84.6. The van der Waals surface area contributed by atoms with Crippen LogP contribution in [-0.2, 0) is 34.8 Å². The van der Waals surface area contributed by atoms with E-state index in [4.69, 9.17) is 9.47 Å². The highest BCUT2D eigenvalue weighted by Crippen LogP contribution is 2.76. The molecule has 0 bridgehead atoms. The van der Waals surface area contributed by atoms with Crippen molar-refractivity contribution in [3.63, 3.8) is 0 Å². The van der Waals surface area contributed by atoms with E-state index in [1.807, 2.05) is 32.6 Å². The zero-order valence-corrected chi connectivity index (χ0v) is 43.2. The van der Waals surface area contributed by atoms with Crippen molar-refractivity contribution < 1.29 is 56.5 Å². The standard InChI is InChI=1S/C54H76F3N5O9/c1-30(2)41-35(63)29-53(59-46(69)52(16-10-17-52)58-43(65)34-28-38(54(55,56)57)60-62(34)40(64)15-22-61-23-25-70-26-24-61)21-20-50(8)31(42(41)53)11-12-37-49(7)18-14-39(48(5,6)36(49)13-19-51(37,50)9)71-45(68)33-27-32(44(66)67)47(33,3)4/h28,30-33,36-37,39H,10-27,29H2,1-9H3,(H,58,65)(H,59,69)(H,66,67)/t31-,32+,33-,36+,37-,39+,49+,50-,51-,53-/m1/s1. The molecule has 1 aliphatic heterocycles. The molecule has 7 aliphatic carbocycles. The molecule has 2 heterocycles. The maximum atomic E-state index is 15.0. The summed E-state index contributed by atoms with van der Waals surface area (Å²) in [5, 5.41) is 19.5. The number of alkyl halides is 3. The molecule has 17 heteroatoms. The van der Waals surface area contributed by atoms with Gasteiger partial charge >= 0.3 is 18.1 Å². The van der Waals surface area contributed by atoms with Gasteiger partial charge in [-0.3, -0.25) is 33.7 Å². The van der Waals surface area contributed by atoms with E-state index in [0.717, 1.165) is 56.1 Å². The molecule has 10 atom stereocenters. The highest BCUT2D eigenvalue weighted by molar-refractivity contribution is 6.04. The normalized spacial score (nSPS) is 37.1. The number of aliphatic carboxylic acids is 1. The van der Waals surface area contributed by atoms with E-state index in [9.17, 15) is 47.0 Å². The van der Waals surface area contributed by atoms with Crippen molar-refractivity contribution in [3.8, 4) is 0 Å². The maximum Gasteiger partial charge on any atom is 0.435 e. The summed E-state index contributed by atoms with van der Waals surface area (Å²) in [5.41, 5.74) is -4.13. The zero-order chi connectivity index (χ0) is 51.6. The predicted octanol–water partition coefficient (Wildman–Crippen LogP) is 8.42. The molecule has 392 valence electrons. The molecule has 9 rings (SSSR count). The molecule has 1 saturated heterocycles. The molecule has 3 N–H and O–H groups in total. The Morgan fingerprint density at radius 3 is 2.15 bits per heavy atom. The molecule has 0 radical (unpaired) electrons. The molecule has 7 fully saturated rings. The number of esters is 1. The number of hydrogen-bond donors (Lipinski definition) is 3. The number of fused-ring (bicyclic) bond motifs is 7. The van der Waals surface area contributed by atoms with Gasteiger partial charge in [0.15, 0.2) is 11.5 Å². The first kappa shape index (κ1) is 51.8. The van der Waals surface area contributed by atoms with Gasteiger partial charge in [0.1, 0.15) is 17.3 Å². The van der Waals surface area contributed by atoms with Crippen LogP contribution in [0.4, 0.5) is 13.2 Å². The number of carbonyl (C=O) groups excluding carboxylic acids is 5. The molecular formula is C54H76F3N5O9. The number of allylic oxidation sites excluding steroid dienone is 1. The molecule has 71 heavy (non-hydrogen) atoms. The average Bonchev–Trinajstić information content (AvgIpc) is 3.85. The number of aromatic nitrogens is 2. The fraction of sp³-hybridized carbons (Fsp3) is 0.796. The van der Waals surface area contributed by atoms with Crippen LogP contribution < -0.4 is 10.6 Å². The van der Waals surface area contributed by atoms with Crippen molar-refractivity contribution in [2.24, 2.45) is 62.6 Å². The second-order valence-corrected chi connectivity index (χ2v) is 25.3. The second kappa shape index (κ2) is 17.5. The highest BCUT2D eigenvalue weighted by Gasteiger charge is 2.71. The lowest BCUT2D eigenvalue weighted by molar-refractivity contribution is -0.235. The van der Waals surface area contributed by atoms with Gasteiger partial charge in [0.05, 0.1) is 30.6 Å². The second-order valence-electron chi connectivity index (χ2n) is 25.3. The minimum absolute atomic E-state index is 0.00625. The molecule has 0 unspecified atom stereocenters. The van der Waals surface area contributed by atoms with Gasteiger partial charge in [-0.15, -0.1) is 0 Å². The van der Waals surface area contributed by atoms with Crippen LogP contribution in [0.25, 0.3) is 0 Å². The number of nitrogens with one attached hydrogen (secondary N) is 2. The largest absolute Gasteiger partial charge is 0.481 e. The van der Waals surface area contributed by atoms with Crippen LogP contribution in [0.2, 0.25) is 0 Å². The summed E-state index contributed by atoms with van der Waals surface area (Å²) in [5.74, 6) is -3.97. The number of nitrogens with zero attached hydrogens (tertiary/aromatic N) is 3. The molecule has 14 nitrogen and oxygen atoms in total. The van der Waals surface area contributed by atoms with Gasteiger partial charge < -0.3 is 25.2 Å². The van der Waals surface area contributed by atoms with Crippen LogP contribution in [0.5, 0.6) is 0 Å². The number of halogens is 3. The smallest absolute Gasteiger partial charge is 0.435 e. The summed E-state index contributed by atoms with van der Waals surface area (Å²) < 4.78 is 54.6. The lowest BCUT2D eigenvalue weighted by Crippen LogP contribution is -2.70. The number of carbonyl (C=O) groups is 6. The molecule has 0 aromatic carbocycles. The Morgan fingerprint density at radius 1 is 0.859 bits per heavy atom. The SMILES string of the molecule is CC(C)C1=C2[C@H]3CC[C@@H]4[C@@]5(C)CC[C@H](OC(=O)[C@H]6C[C@@H](C(=O)O)C6(C)C)C(C)(C)[C@@H]5CC[C@@]4(C)[C@]3(C)CC[C@@]2(NC(=O)C2(NC(=O)c3cc(C(F)(F)F)nn3C(=O)CCN3CCOCC3)CCC2)CC1=O. The Hall–Kier alpha value is -4.12. The van der Waals surface area contributed by atoms with Gasteiger partial charge in [-0.05, 0) is 134 Å². The first-order valence-corrected chi connectivity index (χ1v) is 26.4. The third-order valence-corrected chi connectivity index (χ3v) is 21.0. The van der Waals surface area contributed by atoms with E-state index >= 15 is 0 Å². The van der Waals surface area contributed by atoms with Gasteiger partial charge in [0, 0.05) is 44.0 Å². The number of Topliss-reactive ketones (excluding diaryl/α,β-unsaturated/α-hetero) is 1. The number of carboxylic acids is 1. The summed E-state index contributed by atoms with van der Waals surface area (Å²) >= 11 is 0. The minimum atomic E-state index is -4.93. The molecule has 6 saturated carbocycles. The van der Waals surface area contributed by atoms with Crippen molar-refractivity contribution >= 4 is 35.4 Å². The first-order chi connectivity index (χ1) is 33.1. The maximum absolute atomic E-state index is 15.0. The van der Waals surface area contributed by atoms with E-state index in [2.05, 4.69) is 50.4 Å². The Kier molecular flexibility index (Phi) is 12.8.